The number of benzene rings is 2. The average Bonchev–Trinajstić information content (AvgIpc) is 2.98. The van der Waals surface area contributed by atoms with Gasteiger partial charge >= 0.3 is 118 Å². The molecule has 1 aliphatic heterocycles. The van der Waals surface area contributed by atoms with Crippen LogP contribution in [-0.2, 0) is 6.42 Å². The number of hydrogen-bond donors (Lipinski definition) is 0. The molecule has 0 radical (unpaired) electrons. The maximum atomic E-state index is 2.44. The van der Waals surface area contributed by atoms with Crippen LogP contribution >= 0.6 is 0 Å². The molecule has 4 rings (SSSR count). The summed E-state index contributed by atoms with van der Waals surface area (Å²) >= 11 is 0.442. The molecule has 0 atom stereocenters. The van der Waals surface area contributed by atoms with Crippen molar-refractivity contribution < 1.29 is 0 Å². The van der Waals surface area contributed by atoms with Gasteiger partial charge < -0.3 is 0 Å². The molecule has 0 unspecified atom stereocenters. The number of rotatable bonds is 1. The van der Waals surface area contributed by atoms with Crippen molar-refractivity contribution in [2.24, 2.45) is 0 Å². The Kier molecular flexibility index (Phi) is 2.58. The standard InChI is InChI=1S/C17H13NSe/c1-3-8-15-13(6-1)12-14-7-2-4-9-16(14)18(15)17-10-5-11-19-17/h1-11H,12H2. The van der Waals surface area contributed by atoms with Gasteiger partial charge in [0.15, 0.2) is 0 Å². The molecule has 1 aliphatic rings. The van der Waals surface area contributed by atoms with Gasteiger partial charge in [-0.3, -0.25) is 0 Å². The van der Waals surface area contributed by atoms with Crippen LogP contribution in [0.15, 0.2) is 65.6 Å². The van der Waals surface area contributed by atoms with Crippen LogP contribution < -0.4 is 4.90 Å². The summed E-state index contributed by atoms with van der Waals surface area (Å²) in [7, 11) is 0. The summed E-state index contributed by atoms with van der Waals surface area (Å²) in [5.74, 6) is 0. The summed E-state index contributed by atoms with van der Waals surface area (Å²) in [5, 5.41) is 0. The van der Waals surface area contributed by atoms with Crippen molar-refractivity contribution in [3.63, 3.8) is 0 Å². The number of hydrogen-bond acceptors (Lipinski definition) is 1. The van der Waals surface area contributed by atoms with Crippen LogP contribution in [-0.4, -0.2) is 14.5 Å². The van der Waals surface area contributed by atoms with E-state index < -0.39 is 0 Å². The quantitative estimate of drug-likeness (QED) is 0.478. The Hall–Kier alpha value is -1.76. The number of nitrogens with zero attached hydrogens (tertiary/aromatic N) is 1. The number of fused-ring (bicyclic) bond motifs is 2. The molecule has 92 valence electrons. The van der Waals surface area contributed by atoms with E-state index in [0.717, 1.165) is 6.42 Å². The average molecular weight is 310 g/mol. The van der Waals surface area contributed by atoms with Crippen LogP contribution in [0.1, 0.15) is 11.1 Å². The number of anilines is 3. The van der Waals surface area contributed by atoms with E-state index in [0.29, 0.717) is 14.5 Å². The minimum absolute atomic E-state index is 0.442. The van der Waals surface area contributed by atoms with Gasteiger partial charge in [-0.2, -0.15) is 0 Å². The van der Waals surface area contributed by atoms with E-state index in [1.807, 2.05) is 0 Å². The fourth-order valence-corrected chi connectivity index (χ4v) is 4.31. The normalized spacial score (nSPS) is 12.9. The van der Waals surface area contributed by atoms with Gasteiger partial charge in [0.2, 0.25) is 0 Å². The van der Waals surface area contributed by atoms with Gasteiger partial charge in [0.05, 0.1) is 0 Å². The van der Waals surface area contributed by atoms with Crippen LogP contribution in [0.4, 0.5) is 15.9 Å². The zero-order valence-corrected chi connectivity index (χ0v) is 12.1. The molecule has 0 saturated heterocycles. The molecule has 2 aromatic carbocycles. The molecule has 0 N–H and O–H groups in total. The van der Waals surface area contributed by atoms with Crippen molar-refractivity contribution >= 4 is 30.4 Å². The van der Waals surface area contributed by atoms with Crippen LogP contribution in [0.25, 0.3) is 0 Å². The van der Waals surface area contributed by atoms with E-state index in [9.17, 15) is 0 Å². The maximum absolute atomic E-state index is 2.44. The van der Waals surface area contributed by atoms with E-state index in [2.05, 4.69) is 70.5 Å². The van der Waals surface area contributed by atoms with Crippen molar-refractivity contribution in [2.45, 2.75) is 6.42 Å². The summed E-state index contributed by atoms with van der Waals surface area (Å²) in [5.41, 5.74) is 5.53. The van der Waals surface area contributed by atoms with Gasteiger partial charge in [-0.05, 0) is 0 Å². The van der Waals surface area contributed by atoms with E-state index in [4.69, 9.17) is 0 Å². The van der Waals surface area contributed by atoms with Gasteiger partial charge in [0.25, 0.3) is 0 Å². The third kappa shape index (κ3) is 1.76. The SMILES string of the molecule is c1c[se]c(N2c3ccccc3Cc3ccccc32)c1. The fourth-order valence-electron chi connectivity index (χ4n) is 2.73. The molecule has 2 heterocycles. The second-order valence-electron chi connectivity index (χ2n) is 4.72. The van der Waals surface area contributed by atoms with E-state index >= 15 is 0 Å². The molecule has 2 heteroatoms. The third-order valence-electron chi connectivity index (χ3n) is 3.57. The second kappa shape index (κ2) is 4.41. The summed E-state index contributed by atoms with van der Waals surface area (Å²) in [6.45, 7) is 0. The molecule has 0 saturated carbocycles. The van der Waals surface area contributed by atoms with Crippen LogP contribution in [0.3, 0.4) is 0 Å². The molecular formula is C17H13NSe. The Balaban J connectivity index is 1.98. The predicted octanol–water partition coefficient (Wildman–Crippen LogP) is 4.12. The van der Waals surface area contributed by atoms with Gasteiger partial charge in [-0.25, -0.2) is 0 Å². The Morgan fingerprint density at radius 2 is 1.37 bits per heavy atom. The molecule has 0 spiro atoms. The summed E-state index contributed by atoms with van der Waals surface area (Å²) in [6.07, 6.45) is 1.04. The van der Waals surface area contributed by atoms with Crippen molar-refractivity contribution in [1.82, 2.24) is 0 Å². The zero-order chi connectivity index (χ0) is 12.7. The Bertz CT molecular complexity index is 670. The first kappa shape index (κ1) is 11.1. The number of para-hydroxylation sites is 2. The molecule has 0 fully saturated rings. The first-order valence-electron chi connectivity index (χ1n) is 6.43. The van der Waals surface area contributed by atoms with Crippen molar-refractivity contribution in [3.8, 4) is 0 Å². The van der Waals surface area contributed by atoms with E-state index in [1.165, 1.54) is 27.1 Å². The Morgan fingerprint density at radius 1 is 0.737 bits per heavy atom. The molecule has 0 bridgehead atoms. The fraction of sp³-hybridized carbons (Fsp3) is 0.0588. The monoisotopic (exact) mass is 311 g/mol. The summed E-state index contributed by atoms with van der Waals surface area (Å²) in [6, 6.07) is 21.9. The topological polar surface area (TPSA) is 3.24 Å². The second-order valence-corrected chi connectivity index (χ2v) is 6.66. The first-order valence-corrected chi connectivity index (χ1v) is 8.27. The zero-order valence-electron chi connectivity index (χ0n) is 10.4. The molecule has 0 aliphatic carbocycles. The Labute approximate surface area is 118 Å². The molecule has 1 aromatic heterocycles. The van der Waals surface area contributed by atoms with Gasteiger partial charge in [0.1, 0.15) is 0 Å². The molecule has 19 heavy (non-hydrogen) atoms. The van der Waals surface area contributed by atoms with Crippen LogP contribution in [0, 0.1) is 0 Å². The summed E-state index contributed by atoms with van der Waals surface area (Å²) < 4.78 is 1.42. The van der Waals surface area contributed by atoms with Crippen LogP contribution in [0.5, 0.6) is 0 Å². The third-order valence-corrected chi connectivity index (χ3v) is 5.36. The minimum atomic E-state index is 0.442. The van der Waals surface area contributed by atoms with Crippen molar-refractivity contribution in [2.75, 3.05) is 4.90 Å². The van der Waals surface area contributed by atoms with E-state index in [-0.39, 0.29) is 0 Å². The summed E-state index contributed by atoms with van der Waals surface area (Å²) in [4.78, 5) is 4.72. The molecule has 1 nitrogen and oxygen atoms in total. The molecule has 3 aromatic rings. The van der Waals surface area contributed by atoms with E-state index in [1.54, 1.807) is 0 Å². The first-order chi connectivity index (χ1) is 9.43. The van der Waals surface area contributed by atoms with Crippen molar-refractivity contribution in [1.29, 1.82) is 0 Å². The predicted molar refractivity (Wildman–Crippen MR) is 80.9 cm³/mol. The Morgan fingerprint density at radius 3 is 1.95 bits per heavy atom. The van der Waals surface area contributed by atoms with Crippen molar-refractivity contribution in [3.05, 3.63) is 76.7 Å². The molecular weight excluding hydrogens is 297 g/mol. The van der Waals surface area contributed by atoms with Gasteiger partial charge in [-0.15, -0.1) is 0 Å². The van der Waals surface area contributed by atoms with Gasteiger partial charge in [0, 0.05) is 0 Å². The van der Waals surface area contributed by atoms with Gasteiger partial charge in [-0.1, -0.05) is 0 Å². The van der Waals surface area contributed by atoms with Crippen LogP contribution in [0.2, 0.25) is 0 Å². The molecule has 0 amide bonds.